The fourth-order valence-electron chi connectivity index (χ4n) is 1.74. The van der Waals surface area contributed by atoms with Gasteiger partial charge in [0.05, 0.1) is 24.3 Å². The number of aromatic carboxylic acids is 1. The first-order chi connectivity index (χ1) is 8.10. The van der Waals surface area contributed by atoms with Crippen LogP contribution in [0.25, 0.3) is 0 Å². The summed E-state index contributed by atoms with van der Waals surface area (Å²) in [6.45, 7) is 5.33. The largest absolute Gasteiger partial charge is 0.476 e. The third-order valence-corrected chi connectivity index (χ3v) is 2.48. The molecule has 2 aromatic rings. The number of carboxylic acids is 1. The van der Waals surface area contributed by atoms with Gasteiger partial charge in [-0.25, -0.2) is 9.78 Å². The molecule has 0 bridgehead atoms. The Morgan fingerprint density at radius 3 is 2.88 bits per heavy atom. The second kappa shape index (κ2) is 4.40. The summed E-state index contributed by atoms with van der Waals surface area (Å²) in [5.74, 6) is -1.01. The summed E-state index contributed by atoms with van der Waals surface area (Å²) < 4.78 is 3.64. The van der Waals surface area contributed by atoms with E-state index < -0.39 is 5.97 Å². The van der Waals surface area contributed by atoms with E-state index in [0.717, 1.165) is 17.9 Å². The Bertz CT molecular complexity index is 541. The van der Waals surface area contributed by atoms with E-state index in [4.69, 9.17) is 5.11 Å². The molecule has 0 aromatic carbocycles. The number of carbonyl (C=O) groups is 1. The molecule has 2 heterocycles. The number of aryl methyl sites for hydroxylation is 2. The molecule has 90 valence electrons. The Hall–Kier alpha value is -2.11. The van der Waals surface area contributed by atoms with E-state index in [2.05, 4.69) is 10.1 Å². The molecule has 1 N–H and O–H groups in total. The molecule has 6 nitrogen and oxygen atoms in total. The lowest BCUT2D eigenvalue weighted by atomic mass is 10.3. The normalized spacial score (nSPS) is 10.7. The van der Waals surface area contributed by atoms with E-state index in [1.807, 2.05) is 24.6 Å². The molecule has 0 saturated heterocycles. The molecule has 0 amide bonds. The number of aromatic nitrogens is 4. The molecule has 0 atom stereocenters. The minimum absolute atomic E-state index is 0.0595. The smallest absolute Gasteiger partial charge is 0.356 e. The van der Waals surface area contributed by atoms with Crippen LogP contribution in [-0.4, -0.2) is 30.4 Å². The summed E-state index contributed by atoms with van der Waals surface area (Å²) in [6.07, 6.45) is 3.04. The molecule has 0 aliphatic carbocycles. The average molecular weight is 234 g/mol. The fourth-order valence-corrected chi connectivity index (χ4v) is 1.74. The number of rotatable bonds is 4. The highest BCUT2D eigenvalue weighted by atomic mass is 16.4. The third-order valence-electron chi connectivity index (χ3n) is 2.48. The van der Waals surface area contributed by atoms with Gasteiger partial charge in [0.25, 0.3) is 0 Å². The van der Waals surface area contributed by atoms with Crippen LogP contribution < -0.4 is 0 Å². The van der Waals surface area contributed by atoms with Crippen molar-refractivity contribution in [2.75, 3.05) is 0 Å². The molecule has 0 unspecified atom stereocenters. The van der Waals surface area contributed by atoms with Crippen molar-refractivity contribution in [1.82, 2.24) is 19.3 Å². The highest BCUT2D eigenvalue weighted by Crippen LogP contribution is 2.07. The lowest BCUT2D eigenvalue weighted by molar-refractivity contribution is 0.0691. The number of hydrogen-bond acceptors (Lipinski definition) is 3. The van der Waals surface area contributed by atoms with Crippen molar-refractivity contribution in [2.45, 2.75) is 26.9 Å². The van der Waals surface area contributed by atoms with Crippen LogP contribution >= 0.6 is 0 Å². The zero-order valence-electron chi connectivity index (χ0n) is 9.79. The molecule has 2 aromatic heterocycles. The van der Waals surface area contributed by atoms with Crippen LogP contribution in [0.2, 0.25) is 0 Å². The zero-order valence-corrected chi connectivity index (χ0v) is 9.79. The van der Waals surface area contributed by atoms with Crippen molar-refractivity contribution in [1.29, 1.82) is 0 Å². The monoisotopic (exact) mass is 234 g/mol. The minimum atomic E-state index is -1.01. The highest BCUT2D eigenvalue weighted by Gasteiger charge is 2.09. The molecule has 0 radical (unpaired) electrons. The maximum absolute atomic E-state index is 10.7. The third kappa shape index (κ3) is 2.35. The Balaban J connectivity index is 2.21. The Kier molecular flexibility index (Phi) is 2.95. The predicted molar refractivity (Wildman–Crippen MR) is 60.9 cm³/mol. The maximum atomic E-state index is 10.7. The summed E-state index contributed by atoms with van der Waals surface area (Å²) >= 11 is 0. The first kappa shape index (κ1) is 11.4. The zero-order chi connectivity index (χ0) is 12.4. The van der Waals surface area contributed by atoms with Gasteiger partial charge in [0.2, 0.25) is 0 Å². The lowest BCUT2D eigenvalue weighted by Gasteiger charge is -2.04. The first-order valence-electron chi connectivity index (χ1n) is 5.38. The van der Waals surface area contributed by atoms with Crippen LogP contribution in [0.3, 0.4) is 0 Å². The van der Waals surface area contributed by atoms with Crippen LogP contribution in [0.4, 0.5) is 0 Å². The molecule has 0 aliphatic heterocycles. The summed E-state index contributed by atoms with van der Waals surface area (Å²) in [4.78, 5) is 14.5. The predicted octanol–water partition coefficient (Wildman–Crippen LogP) is 1.15. The molecular formula is C11H14N4O2. The second-order valence-electron chi connectivity index (χ2n) is 3.83. The molecule has 17 heavy (non-hydrogen) atoms. The quantitative estimate of drug-likeness (QED) is 0.861. The molecule has 0 saturated carbocycles. The molecule has 2 rings (SSSR count). The van der Waals surface area contributed by atoms with Gasteiger partial charge in [0.1, 0.15) is 0 Å². The van der Waals surface area contributed by atoms with Crippen molar-refractivity contribution < 1.29 is 9.90 Å². The van der Waals surface area contributed by atoms with Crippen LogP contribution in [0.5, 0.6) is 0 Å². The molecule has 0 aliphatic rings. The van der Waals surface area contributed by atoms with Gasteiger partial charge in [-0.1, -0.05) is 0 Å². The van der Waals surface area contributed by atoms with Gasteiger partial charge >= 0.3 is 5.97 Å². The molecular weight excluding hydrogens is 220 g/mol. The lowest BCUT2D eigenvalue weighted by Crippen LogP contribution is -2.06. The van der Waals surface area contributed by atoms with Crippen molar-refractivity contribution in [3.8, 4) is 0 Å². The number of carboxylic acid groups (broad SMARTS) is 1. The summed E-state index contributed by atoms with van der Waals surface area (Å²) in [7, 11) is 0. The number of hydrogen-bond donors (Lipinski definition) is 1. The average Bonchev–Trinajstić information content (AvgIpc) is 2.86. The second-order valence-corrected chi connectivity index (χ2v) is 3.83. The summed E-state index contributed by atoms with van der Waals surface area (Å²) in [6, 6.07) is 1.99. The van der Waals surface area contributed by atoms with E-state index in [9.17, 15) is 4.79 Å². The fraction of sp³-hybridized carbons (Fsp3) is 0.364. The summed E-state index contributed by atoms with van der Waals surface area (Å²) in [5.41, 5.74) is 2.06. The topological polar surface area (TPSA) is 72.9 Å². The van der Waals surface area contributed by atoms with E-state index in [1.54, 1.807) is 4.57 Å². The van der Waals surface area contributed by atoms with Gasteiger partial charge in [-0.05, 0) is 19.9 Å². The van der Waals surface area contributed by atoms with E-state index >= 15 is 0 Å². The summed E-state index contributed by atoms with van der Waals surface area (Å²) in [5, 5.41) is 13.1. The standard InChI is InChI=1S/C11H14N4O2/c1-3-15-9(4-8(2)13-15)5-14-6-10(11(16)17)12-7-14/h4,6-7H,3,5H2,1-2H3,(H,16,17). The van der Waals surface area contributed by atoms with Gasteiger partial charge in [0.15, 0.2) is 5.69 Å². The van der Waals surface area contributed by atoms with Gasteiger partial charge in [-0.3, -0.25) is 4.68 Å². The van der Waals surface area contributed by atoms with Gasteiger partial charge in [0, 0.05) is 12.7 Å². The van der Waals surface area contributed by atoms with E-state index in [-0.39, 0.29) is 5.69 Å². The first-order valence-corrected chi connectivity index (χ1v) is 5.38. The SMILES string of the molecule is CCn1nc(C)cc1Cn1cnc(C(=O)O)c1. The van der Waals surface area contributed by atoms with Crippen LogP contribution in [-0.2, 0) is 13.1 Å². The van der Waals surface area contributed by atoms with Crippen LogP contribution in [0, 0.1) is 6.92 Å². The van der Waals surface area contributed by atoms with Gasteiger partial charge < -0.3 is 9.67 Å². The molecule has 0 fully saturated rings. The van der Waals surface area contributed by atoms with Crippen LogP contribution in [0.15, 0.2) is 18.6 Å². The van der Waals surface area contributed by atoms with Crippen molar-refractivity contribution in [2.24, 2.45) is 0 Å². The molecule has 0 spiro atoms. The van der Waals surface area contributed by atoms with Gasteiger partial charge in [-0.15, -0.1) is 0 Å². The van der Waals surface area contributed by atoms with E-state index in [1.165, 1.54) is 12.5 Å². The maximum Gasteiger partial charge on any atom is 0.356 e. The van der Waals surface area contributed by atoms with Crippen LogP contribution in [0.1, 0.15) is 28.8 Å². The van der Waals surface area contributed by atoms with Crippen molar-refractivity contribution >= 4 is 5.97 Å². The Labute approximate surface area is 98.5 Å². The minimum Gasteiger partial charge on any atom is -0.476 e. The number of imidazole rings is 1. The number of nitrogens with zero attached hydrogens (tertiary/aromatic N) is 4. The Morgan fingerprint density at radius 1 is 1.53 bits per heavy atom. The van der Waals surface area contributed by atoms with Crippen molar-refractivity contribution in [3.05, 3.63) is 35.7 Å². The Morgan fingerprint density at radius 2 is 2.29 bits per heavy atom. The van der Waals surface area contributed by atoms with Crippen molar-refractivity contribution in [3.63, 3.8) is 0 Å². The molecule has 6 heteroatoms. The highest BCUT2D eigenvalue weighted by molar-refractivity contribution is 5.84. The van der Waals surface area contributed by atoms with Gasteiger partial charge in [-0.2, -0.15) is 5.10 Å². The van der Waals surface area contributed by atoms with E-state index in [0.29, 0.717) is 6.54 Å².